The zero-order valence-electron chi connectivity index (χ0n) is 11.7. The lowest BCUT2D eigenvalue weighted by atomic mass is 9.88. The van der Waals surface area contributed by atoms with Crippen molar-refractivity contribution in [1.29, 1.82) is 0 Å². The number of ketones is 1. The van der Waals surface area contributed by atoms with Gasteiger partial charge in [-0.05, 0) is 38.8 Å². The standard InChI is InChI=1S/C14H24N2O3/c1-2-19-14(18)13(11-3-7-15-8-4-11)16-9-5-12(17)6-10-16/h11,13,15H,2-10H2,1H3. The van der Waals surface area contributed by atoms with Crippen LogP contribution in [0.5, 0.6) is 0 Å². The van der Waals surface area contributed by atoms with Crippen molar-refractivity contribution in [3.05, 3.63) is 0 Å². The second-order valence-corrected chi connectivity index (χ2v) is 5.36. The summed E-state index contributed by atoms with van der Waals surface area (Å²) in [6, 6.07) is -0.157. The molecule has 2 fully saturated rings. The van der Waals surface area contributed by atoms with Crippen molar-refractivity contribution in [3.63, 3.8) is 0 Å². The van der Waals surface area contributed by atoms with Gasteiger partial charge in [-0.1, -0.05) is 0 Å². The van der Waals surface area contributed by atoms with E-state index in [0.717, 1.165) is 25.9 Å². The van der Waals surface area contributed by atoms with Gasteiger partial charge in [-0.25, -0.2) is 0 Å². The molecule has 0 bridgehead atoms. The van der Waals surface area contributed by atoms with Crippen molar-refractivity contribution in [2.75, 3.05) is 32.8 Å². The van der Waals surface area contributed by atoms with Crippen LogP contribution >= 0.6 is 0 Å². The molecule has 1 unspecified atom stereocenters. The van der Waals surface area contributed by atoms with Crippen LogP contribution in [0.3, 0.4) is 0 Å². The van der Waals surface area contributed by atoms with Gasteiger partial charge < -0.3 is 10.1 Å². The lowest BCUT2D eigenvalue weighted by molar-refractivity contribution is -0.153. The van der Waals surface area contributed by atoms with E-state index in [4.69, 9.17) is 4.74 Å². The van der Waals surface area contributed by atoms with E-state index in [1.165, 1.54) is 0 Å². The maximum atomic E-state index is 12.3. The molecular formula is C14H24N2O3. The molecule has 0 spiro atoms. The van der Waals surface area contributed by atoms with Crippen LogP contribution in [0.1, 0.15) is 32.6 Å². The number of likely N-dealkylation sites (tertiary alicyclic amines) is 1. The third kappa shape index (κ3) is 3.76. The summed E-state index contributed by atoms with van der Waals surface area (Å²) < 4.78 is 5.25. The van der Waals surface area contributed by atoms with Gasteiger partial charge in [0, 0.05) is 25.9 Å². The SMILES string of the molecule is CCOC(=O)C(C1CCNCC1)N1CCC(=O)CC1. The largest absolute Gasteiger partial charge is 0.465 e. The third-order valence-electron chi connectivity index (χ3n) is 4.11. The topological polar surface area (TPSA) is 58.6 Å². The molecule has 1 N–H and O–H groups in total. The minimum Gasteiger partial charge on any atom is -0.465 e. The predicted octanol–water partition coefficient (Wildman–Crippen LogP) is 0.583. The van der Waals surface area contributed by atoms with E-state index in [1.807, 2.05) is 6.92 Å². The maximum absolute atomic E-state index is 12.3. The molecule has 108 valence electrons. The number of piperidine rings is 2. The van der Waals surface area contributed by atoms with Crippen LogP contribution in [0, 0.1) is 5.92 Å². The molecular weight excluding hydrogens is 244 g/mol. The monoisotopic (exact) mass is 268 g/mol. The van der Waals surface area contributed by atoms with Crippen LogP contribution in [-0.4, -0.2) is 55.5 Å². The van der Waals surface area contributed by atoms with E-state index in [9.17, 15) is 9.59 Å². The Bertz CT molecular complexity index is 317. The van der Waals surface area contributed by atoms with Gasteiger partial charge in [-0.2, -0.15) is 0 Å². The van der Waals surface area contributed by atoms with E-state index in [1.54, 1.807) is 0 Å². The van der Waals surface area contributed by atoms with Crippen LogP contribution in [0.4, 0.5) is 0 Å². The van der Waals surface area contributed by atoms with Gasteiger partial charge in [0.15, 0.2) is 0 Å². The molecule has 2 heterocycles. The van der Waals surface area contributed by atoms with Gasteiger partial charge in [0.1, 0.15) is 11.8 Å². The molecule has 0 radical (unpaired) electrons. The van der Waals surface area contributed by atoms with E-state index < -0.39 is 0 Å². The average Bonchev–Trinajstić information content (AvgIpc) is 2.43. The Morgan fingerprint density at radius 2 is 2.00 bits per heavy atom. The fourth-order valence-electron chi connectivity index (χ4n) is 3.08. The Morgan fingerprint density at radius 1 is 1.37 bits per heavy atom. The van der Waals surface area contributed by atoms with Crippen LogP contribution in [0.2, 0.25) is 0 Å². The number of ether oxygens (including phenoxy) is 1. The van der Waals surface area contributed by atoms with Gasteiger partial charge in [-0.3, -0.25) is 14.5 Å². The highest BCUT2D eigenvalue weighted by atomic mass is 16.5. The Balaban J connectivity index is 2.04. The summed E-state index contributed by atoms with van der Waals surface area (Å²) in [6.07, 6.45) is 3.16. The quantitative estimate of drug-likeness (QED) is 0.756. The lowest BCUT2D eigenvalue weighted by Gasteiger charge is -2.38. The van der Waals surface area contributed by atoms with Crippen molar-refractivity contribution in [1.82, 2.24) is 10.2 Å². The fourth-order valence-corrected chi connectivity index (χ4v) is 3.08. The van der Waals surface area contributed by atoms with Gasteiger partial charge in [-0.15, -0.1) is 0 Å². The number of nitrogens with one attached hydrogen (secondary N) is 1. The molecule has 5 nitrogen and oxygen atoms in total. The van der Waals surface area contributed by atoms with Crippen molar-refractivity contribution in [3.8, 4) is 0 Å². The van der Waals surface area contributed by atoms with Gasteiger partial charge in [0.2, 0.25) is 0 Å². The highest BCUT2D eigenvalue weighted by molar-refractivity contribution is 5.80. The molecule has 0 aromatic carbocycles. The Hall–Kier alpha value is -0.940. The second kappa shape index (κ2) is 7.01. The molecule has 2 aliphatic heterocycles. The number of hydrogen-bond donors (Lipinski definition) is 1. The first-order chi connectivity index (χ1) is 9.22. The first-order valence-electron chi connectivity index (χ1n) is 7.35. The molecule has 5 heteroatoms. The highest BCUT2D eigenvalue weighted by Crippen LogP contribution is 2.24. The van der Waals surface area contributed by atoms with Crippen LogP contribution in [-0.2, 0) is 14.3 Å². The van der Waals surface area contributed by atoms with E-state index >= 15 is 0 Å². The summed E-state index contributed by atoms with van der Waals surface area (Å²) in [5.74, 6) is 0.557. The van der Waals surface area contributed by atoms with Crippen LogP contribution < -0.4 is 5.32 Å². The minimum absolute atomic E-state index is 0.108. The van der Waals surface area contributed by atoms with Gasteiger partial charge in [0.05, 0.1) is 6.61 Å². The summed E-state index contributed by atoms with van der Waals surface area (Å²) in [6.45, 7) is 5.60. The average molecular weight is 268 g/mol. The fraction of sp³-hybridized carbons (Fsp3) is 0.857. The zero-order chi connectivity index (χ0) is 13.7. The normalized spacial score (nSPS) is 24.2. The van der Waals surface area contributed by atoms with E-state index in [-0.39, 0.29) is 12.0 Å². The summed E-state index contributed by atoms with van der Waals surface area (Å²) in [5, 5.41) is 3.33. The number of Topliss-reactive ketones (excluding diaryl/α,β-unsaturated/α-hetero) is 1. The highest BCUT2D eigenvalue weighted by Gasteiger charge is 2.36. The molecule has 0 aliphatic carbocycles. The first-order valence-corrected chi connectivity index (χ1v) is 7.35. The third-order valence-corrected chi connectivity index (χ3v) is 4.11. The maximum Gasteiger partial charge on any atom is 0.323 e. The molecule has 19 heavy (non-hydrogen) atoms. The Morgan fingerprint density at radius 3 is 2.58 bits per heavy atom. The summed E-state index contributed by atoms with van der Waals surface area (Å²) in [4.78, 5) is 25.8. The molecule has 0 aromatic rings. The molecule has 2 saturated heterocycles. The molecule has 0 aromatic heterocycles. The molecule has 2 rings (SSSR count). The smallest absolute Gasteiger partial charge is 0.323 e. The molecule has 1 atom stereocenters. The van der Waals surface area contributed by atoms with Crippen molar-refractivity contribution < 1.29 is 14.3 Å². The van der Waals surface area contributed by atoms with Crippen LogP contribution in [0.15, 0.2) is 0 Å². The number of carbonyl (C=O) groups excluding carboxylic acids is 2. The number of nitrogens with zero attached hydrogens (tertiary/aromatic N) is 1. The number of hydrogen-bond acceptors (Lipinski definition) is 5. The van der Waals surface area contributed by atoms with Crippen molar-refractivity contribution in [2.45, 2.75) is 38.6 Å². The summed E-state index contributed by atoms with van der Waals surface area (Å²) in [5.41, 5.74) is 0. The van der Waals surface area contributed by atoms with Crippen LogP contribution in [0.25, 0.3) is 0 Å². The number of esters is 1. The van der Waals surface area contributed by atoms with E-state index in [0.29, 0.717) is 44.2 Å². The predicted molar refractivity (Wildman–Crippen MR) is 71.8 cm³/mol. The minimum atomic E-state index is -0.157. The van der Waals surface area contributed by atoms with Gasteiger partial charge >= 0.3 is 5.97 Å². The molecule has 0 amide bonds. The van der Waals surface area contributed by atoms with Gasteiger partial charge in [0.25, 0.3) is 0 Å². The summed E-state index contributed by atoms with van der Waals surface area (Å²) >= 11 is 0. The van der Waals surface area contributed by atoms with Crippen molar-refractivity contribution in [2.24, 2.45) is 5.92 Å². The Kier molecular flexibility index (Phi) is 5.34. The lowest BCUT2D eigenvalue weighted by Crippen LogP contribution is -2.52. The second-order valence-electron chi connectivity index (χ2n) is 5.36. The first kappa shape index (κ1) is 14.5. The number of rotatable bonds is 4. The number of carbonyl (C=O) groups is 2. The molecule has 2 aliphatic rings. The molecule has 0 saturated carbocycles. The Labute approximate surface area is 114 Å². The summed E-state index contributed by atoms with van der Waals surface area (Å²) in [7, 11) is 0. The van der Waals surface area contributed by atoms with E-state index in [2.05, 4.69) is 10.2 Å². The van der Waals surface area contributed by atoms with Crippen molar-refractivity contribution >= 4 is 11.8 Å². The zero-order valence-corrected chi connectivity index (χ0v) is 11.7.